The highest BCUT2D eigenvalue weighted by Gasteiger charge is 2.34. The number of hydrogen-bond donors (Lipinski definition) is 1. The molecular weight excluding hydrogens is 574 g/mol. The maximum Gasteiger partial charge on any atom is 0.264 e. The highest BCUT2D eigenvalue weighted by atomic mass is 35.5. The Bertz CT molecular complexity index is 1480. The molecule has 0 saturated heterocycles. The Morgan fingerprint density at radius 2 is 1.60 bits per heavy atom. The van der Waals surface area contributed by atoms with Crippen LogP contribution in [0.1, 0.15) is 50.3 Å². The lowest BCUT2D eigenvalue weighted by atomic mass is 10.1. The fourth-order valence-electron chi connectivity index (χ4n) is 4.54. The molecule has 0 saturated carbocycles. The van der Waals surface area contributed by atoms with Gasteiger partial charge in [-0.1, -0.05) is 55.3 Å². The van der Waals surface area contributed by atoms with Gasteiger partial charge >= 0.3 is 0 Å². The van der Waals surface area contributed by atoms with Crippen LogP contribution in [0.15, 0.2) is 71.6 Å². The number of sulfonamides is 1. The van der Waals surface area contributed by atoms with Gasteiger partial charge in [0.15, 0.2) is 0 Å². The molecule has 42 heavy (non-hydrogen) atoms. The fourth-order valence-corrected chi connectivity index (χ4v) is 6.24. The Labute approximate surface area is 254 Å². The van der Waals surface area contributed by atoms with E-state index in [0.717, 1.165) is 21.9 Å². The Morgan fingerprint density at radius 1 is 0.952 bits per heavy atom. The van der Waals surface area contributed by atoms with E-state index >= 15 is 0 Å². The Morgan fingerprint density at radius 3 is 2.14 bits per heavy atom. The van der Waals surface area contributed by atoms with Crippen LogP contribution in [0.25, 0.3) is 0 Å². The quantitative estimate of drug-likeness (QED) is 0.260. The zero-order valence-electron chi connectivity index (χ0n) is 25.1. The molecule has 3 aromatic rings. The highest BCUT2D eigenvalue weighted by molar-refractivity contribution is 7.92. The number of hydrogen-bond acceptors (Lipinski definition) is 5. The lowest BCUT2D eigenvalue weighted by molar-refractivity contribution is -0.140. The monoisotopic (exact) mass is 613 g/mol. The first-order chi connectivity index (χ1) is 19.9. The predicted octanol–water partition coefficient (Wildman–Crippen LogP) is 5.88. The maximum atomic E-state index is 14.2. The number of methoxy groups -OCH3 is 1. The number of amides is 2. The summed E-state index contributed by atoms with van der Waals surface area (Å²) in [6, 6.07) is 17.6. The molecule has 0 aliphatic carbocycles. The van der Waals surface area contributed by atoms with Gasteiger partial charge in [0.05, 0.1) is 17.7 Å². The Balaban J connectivity index is 2.09. The van der Waals surface area contributed by atoms with E-state index in [9.17, 15) is 18.0 Å². The molecular formula is C32H40ClN3O5S. The molecule has 8 nitrogen and oxygen atoms in total. The molecule has 0 heterocycles. The minimum Gasteiger partial charge on any atom is -0.497 e. The van der Waals surface area contributed by atoms with Crippen molar-refractivity contribution in [1.29, 1.82) is 0 Å². The number of rotatable bonds is 13. The fraction of sp³-hybridized carbons (Fsp3) is 0.375. The van der Waals surface area contributed by atoms with Gasteiger partial charge in [0.25, 0.3) is 10.0 Å². The number of benzene rings is 3. The zero-order valence-corrected chi connectivity index (χ0v) is 26.6. The summed E-state index contributed by atoms with van der Waals surface area (Å²) in [5.74, 6) is -0.141. The number of halogens is 1. The van der Waals surface area contributed by atoms with Crippen molar-refractivity contribution in [3.63, 3.8) is 0 Å². The number of ether oxygens (including phenoxy) is 1. The van der Waals surface area contributed by atoms with Gasteiger partial charge in [-0.2, -0.15) is 0 Å². The highest BCUT2D eigenvalue weighted by Crippen LogP contribution is 2.30. The van der Waals surface area contributed by atoms with Crippen molar-refractivity contribution in [2.75, 3.05) is 18.0 Å². The van der Waals surface area contributed by atoms with Gasteiger partial charge in [0.2, 0.25) is 11.8 Å². The van der Waals surface area contributed by atoms with E-state index in [2.05, 4.69) is 5.32 Å². The number of anilines is 1. The van der Waals surface area contributed by atoms with Crippen molar-refractivity contribution in [3.05, 3.63) is 88.4 Å². The molecule has 10 heteroatoms. The van der Waals surface area contributed by atoms with Gasteiger partial charge in [0.1, 0.15) is 18.3 Å². The standard InChI is InChI=1S/C32H40ClN3O5S/c1-7-24(5)34-32(38)29(8-2)35(20-25-11-14-27(41-6)15-12-25)31(37)21-36(30-18-13-26(33)19-23(30)4)42(39,40)28-16-9-22(3)10-17-28/h9-19,24,29H,7-8,20-21H2,1-6H3,(H,34,38)/t24-,29-/m1/s1. The summed E-state index contributed by atoms with van der Waals surface area (Å²) in [6.45, 7) is 8.91. The molecule has 2 amide bonds. The molecule has 0 spiro atoms. The summed E-state index contributed by atoms with van der Waals surface area (Å²) in [5, 5.41) is 3.43. The molecule has 0 aliphatic rings. The third kappa shape index (κ3) is 8.04. The van der Waals surface area contributed by atoms with Crippen molar-refractivity contribution in [3.8, 4) is 5.75 Å². The minimum absolute atomic E-state index is 0.0542. The normalized spacial score (nSPS) is 12.7. The van der Waals surface area contributed by atoms with Crippen molar-refractivity contribution in [1.82, 2.24) is 10.2 Å². The molecule has 226 valence electrons. The van der Waals surface area contributed by atoms with Crippen LogP contribution in [0.4, 0.5) is 5.69 Å². The lowest BCUT2D eigenvalue weighted by Crippen LogP contribution is -2.53. The van der Waals surface area contributed by atoms with Crippen LogP contribution in [-0.2, 0) is 26.2 Å². The van der Waals surface area contributed by atoms with Crippen LogP contribution in [0.5, 0.6) is 5.75 Å². The van der Waals surface area contributed by atoms with E-state index < -0.39 is 28.5 Å². The molecule has 0 radical (unpaired) electrons. The second kappa shape index (κ2) is 14.6. The third-order valence-electron chi connectivity index (χ3n) is 7.21. The SMILES string of the molecule is CC[C@@H](C)NC(=O)[C@@H](CC)N(Cc1ccc(OC)cc1)C(=O)CN(c1ccc(Cl)cc1C)S(=O)(=O)c1ccc(C)cc1. The van der Waals surface area contributed by atoms with Gasteiger partial charge in [0, 0.05) is 17.6 Å². The third-order valence-corrected chi connectivity index (χ3v) is 9.22. The average Bonchev–Trinajstić information content (AvgIpc) is 2.96. The van der Waals surface area contributed by atoms with Crippen molar-refractivity contribution in [2.24, 2.45) is 0 Å². The van der Waals surface area contributed by atoms with Gasteiger partial charge in [-0.25, -0.2) is 8.42 Å². The summed E-state index contributed by atoms with van der Waals surface area (Å²) in [5.41, 5.74) is 2.60. The molecule has 0 aliphatic heterocycles. The van der Waals surface area contributed by atoms with E-state index in [1.807, 2.05) is 39.8 Å². The van der Waals surface area contributed by atoms with E-state index in [1.165, 1.54) is 17.0 Å². The second-order valence-corrected chi connectivity index (χ2v) is 12.7. The largest absolute Gasteiger partial charge is 0.497 e. The second-order valence-electron chi connectivity index (χ2n) is 10.4. The number of aryl methyl sites for hydroxylation is 2. The molecule has 3 aromatic carbocycles. The summed E-state index contributed by atoms with van der Waals surface area (Å²) in [7, 11) is -2.60. The molecule has 0 bridgehead atoms. The lowest BCUT2D eigenvalue weighted by Gasteiger charge is -2.34. The van der Waals surface area contributed by atoms with E-state index in [0.29, 0.717) is 28.4 Å². The molecule has 0 unspecified atom stereocenters. The first kappa shape index (κ1) is 32.9. The van der Waals surface area contributed by atoms with Gasteiger partial charge in [-0.15, -0.1) is 0 Å². The predicted molar refractivity (Wildman–Crippen MR) is 167 cm³/mol. The molecule has 2 atom stereocenters. The van der Waals surface area contributed by atoms with Gasteiger partial charge in [-0.05, 0) is 87.2 Å². The van der Waals surface area contributed by atoms with Crippen LogP contribution in [0.3, 0.4) is 0 Å². The molecule has 1 N–H and O–H groups in total. The number of carbonyl (C=O) groups excluding carboxylic acids is 2. The summed E-state index contributed by atoms with van der Waals surface area (Å²) in [6.07, 6.45) is 1.07. The first-order valence-corrected chi connectivity index (χ1v) is 15.8. The summed E-state index contributed by atoms with van der Waals surface area (Å²) < 4.78 is 34.5. The van der Waals surface area contributed by atoms with Gasteiger partial charge in [-0.3, -0.25) is 13.9 Å². The molecule has 3 rings (SSSR count). The zero-order chi connectivity index (χ0) is 31.0. The van der Waals surface area contributed by atoms with Crippen LogP contribution >= 0.6 is 11.6 Å². The van der Waals surface area contributed by atoms with Gasteiger partial charge < -0.3 is 15.0 Å². The van der Waals surface area contributed by atoms with Crippen molar-refractivity contribution >= 4 is 39.1 Å². The van der Waals surface area contributed by atoms with Crippen LogP contribution in [0, 0.1) is 13.8 Å². The average molecular weight is 614 g/mol. The topological polar surface area (TPSA) is 96.0 Å². The van der Waals surface area contributed by atoms with Crippen LogP contribution < -0.4 is 14.4 Å². The van der Waals surface area contributed by atoms with E-state index in [4.69, 9.17) is 16.3 Å². The van der Waals surface area contributed by atoms with Crippen molar-refractivity contribution < 1.29 is 22.7 Å². The number of nitrogens with one attached hydrogen (secondary N) is 1. The number of nitrogens with zero attached hydrogens (tertiary/aromatic N) is 2. The Hall–Kier alpha value is -3.56. The summed E-state index contributed by atoms with van der Waals surface area (Å²) in [4.78, 5) is 29.1. The molecule has 0 fully saturated rings. The van der Waals surface area contributed by atoms with E-state index in [-0.39, 0.29) is 23.4 Å². The number of carbonyl (C=O) groups is 2. The Kier molecular flexibility index (Phi) is 11.4. The first-order valence-electron chi connectivity index (χ1n) is 14.0. The van der Waals surface area contributed by atoms with Crippen LogP contribution in [-0.4, -0.2) is 50.9 Å². The summed E-state index contributed by atoms with van der Waals surface area (Å²) >= 11 is 6.19. The van der Waals surface area contributed by atoms with E-state index in [1.54, 1.807) is 56.5 Å². The smallest absolute Gasteiger partial charge is 0.264 e. The molecule has 0 aromatic heterocycles. The van der Waals surface area contributed by atoms with Crippen molar-refractivity contribution in [2.45, 2.75) is 71.0 Å². The minimum atomic E-state index is -4.17. The van der Waals surface area contributed by atoms with Crippen LogP contribution in [0.2, 0.25) is 5.02 Å². The maximum absolute atomic E-state index is 14.2.